The molecule has 1 fully saturated rings. The van der Waals surface area contributed by atoms with Crippen LogP contribution in [0.15, 0.2) is 17.0 Å². The Morgan fingerprint density at radius 1 is 1.58 bits per heavy atom. The molecule has 0 spiro atoms. The van der Waals surface area contributed by atoms with Crippen LogP contribution >= 0.6 is 22.9 Å². The highest BCUT2D eigenvalue weighted by atomic mass is 35.5. The van der Waals surface area contributed by atoms with Crippen molar-refractivity contribution in [1.82, 2.24) is 0 Å². The highest BCUT2D eigenvalue weighted by Crippen LogP contribution is 2.31. The predicted octanol–water partition coefficient (Wildman–Crippen LogP) is 2.91. The van der Waals surface area contributed by atoms with Crippen molar-refractivity contribution in [3.63, 3.8) is 0 Å². The zero-order valence-corrected chi connectivity index (χ0v) is 8.16. The fourth-order valence-corrected chi connectivity index (χ4v) is 2.42. The van der Waals surface area contributed by atoms with Gasteiger partial charge in [0, 0.05) is 10.9 Å². The molecule has 12 heavy (non-hydrogen) atoms. The zero-order valence-electron chi connectivity index (χ0n) is 6.59. The van der Waals surface area contributed by atoms with E-state index in [-0.39, 0.29) is 0 Å². The van der Waals surface area contributed by atoms with Gasteiger partial charge in [-0.15, -0.1) is 11.3 Å². The highest BCUT2D eigenvalue weighted by molar-refractivity contribution is 7.11. The molecule has 1 aromatic rings. The number of rotatable bonds is 1. The van der Waals surface area contributed by atoms with E-state index in [1.165, 1.54) is 10.5 Å². The van der Waals surface area contributed by atoms with Crippen molar-refractivity contribution in [3.05, 3.63) is 26.9 Å². The maximum Gasteiger partial charge on any atom is 0.0586 e. The molecule has 1 nitrogen and oxygen atoms in total. The lowest BCUT2D eigenvalue weighted by Crippen LogP contribution is -2.29. The molecule has 0 amide bonds. The normalized spacial score (nSPS) is 22.2. The first-order valence-corrected chi connectivity index (χ1v) is 5.19. The van der Waals surface area contributed by atoms with Crippen LogP contribution in [0.1, 0.15) is 17.7 Å². The monoisotopic (exact) mass is 199 g/mol. The van der Waals surface area contributed by atoms with Gasteiger partial charge in [-0.25, -0.2) is 0 Å². The molecular weight excluding hydrogens is 190 g/mol. The van der Waals surface area contributed by atoms with Gasteiger partial charge >= 0.3 is 0 Å². The molecule has 1 saturated carbocycles. The number of thiophene rings is 1. The lowest BCUT2D eigenvalue weighted by Gasteiger charge is -2.24. The topological polar surface area (TPSA) is 26.0 Å². The molecular formula is C9H10ClNS. The third-order valence-corrected chi connectivity index (χ3v) is 3.33. The SMILES string of the molecule is NC1CC(=Cc2sccc2Cl)C1. The Labute approximate surface area is 80.8 Å². The Morgan fingerprint density at radius 3 is 2.83 bits per heavy atom. The second-order valence-corrected chi connectivity index (χ2v) is 4.46. The van der Waals surface area contributed by atoms with Gasteiger partial charge in [-0.1, -0.05) is 17.2 Å². The van der Waals surface area contributed by atoms with Gasteiger partial charge in [-0.05, 0) is 30.4 Å². The lowest BCUT2D eigenvalue weighted by molar-refractivity contribution is 0.547. The summed E-state index contributed by atoms with van der Waals surface area (Å²) in [5, 5.41) is 2.86. The Bertz CT molecular complexity index is 308. The van der Waals surface area contributed by atoms with E-state index >= 15 is 0 Å². The van der Waals surface area contributed by atoms with Crippen molar-refractivity contribution >= 4 is 29.0 Å². The summed E-state index contributed by atoms with van der Waals surface area (Å²) in [6.45, 7) is 0. The second kappa shape index (κ2) is 3.21. The number of hydrogen-bond acceptors (Lipinski definition) is 2. The van der Waals surface area contributed by atoms with E-state index in [1.54, 1.807) is 11.3 Å². The summed E-state index contributed by atoms with van der Waals surface area (Å²) in [6.07, 6.45) is 4.23. The average Bonchev–Trinajstić information content (AvgIpc) is 2.33. The van der Waals surface area contributed by atoms with Crippen molar-refractivity contribution in [2.45, 2.75) is 18.9 Å². The second-order valence-electron chi connectivity index (χ2n) is 3.10. The Morgan fingerprint density at radius 2 is 2.33 bits per heavy atom. The van der Waals surface area contributed by atoms with Crippen LogP contribution in [0.3, 0.4) is 0 Å². The van der Waals surface area contributed by atoms with Crippen molar-refractivity contribution in [3.8, 4) is 0 Å². The molecule has 1 aromatic heterocycles. The van der Waals surface area contributed by atoms with E-state index in [0.29, 0.717) is 6.04 Å². The van der Waals surface area contributed by atoms with Crippen molar-refractivity contribution < 1.29 is 0 Å². The molecule has 0 bridgehead atoms. The van der Waals surface area contributed by atoms with E-state index in [2.05, 4.69) is 6.08 Å². The molecule has 3 heteroatoms. The van der Waals surface area contributed by atoms with Crippen LogP contribution in [-0.2, 0) is 0 Å². The van der Waals surface area contributed by atoms with Crippen molar-refractivity contribution in [2.24, 2.45) is 5.73 Å². The number of halogens is 1. The zero-order chi connectivity index (χ0) is 8.55. The molecule has 64 valence electrons. The molecule has 1 aliphatic carbocycles. The van der Waals surface area contributed by atoms with Crippen molar-refractivity contribution in [1.29, 1.82) is 0 Å². The summed E-state index contributed by atoms with van der Waals surface area (Å²) < 4.78 is 0. The first kappa shape index (κ1) is 8.30. The number of hydrogen-bond donors (Lipinski definition) is 1. The molecule has 0 unspecified atom stereocenters. The summed E-state index contributed by atoms with van der Waals surface area (Å²) in [6, 6.07) is 2.31. The van der Waals surface area contributed by atoms with Crippen LogP contribution in [0.4, 0.5) is 0 Å². The van der Waals surface area contributed by atoms with E-state index in [9.17, 15) is 0 Å². The van der Waals surface area contributed by atoms with E-state index in [0.717, 1.165) is 17.9 Å². The van der Waals surface area contributed by atoms with Crippen molar-refractivity contribution in [2.75, 3.05) is 0 Å². The predicted molar refractivity (Wildman–Crippen MR) is 54.5 cm³/mol. The fourth-order valence-electron chi connectivity index (χ4n) is 1.33. The van der Waals surface area contributed by atoms with E-state index < -0.39 is 0 Å². The van der Waals surface area contributed by atoms with Crippen LogP contribution < -0.4 is 5.73 Å². The molecule has 0 radical (unpaired) electrons. The number of nitrogens with two attached hydrogens (primary N) is 1. The molecule has 0 saturated heterocycles. The van der Waals surface area contributed by atoms with Gasteiger partial charge in [0.1, 0.15) is 0 Å². The molecule has 1 heterocycles. The third kappa shape index (κ3) is 1.56. The van der Waals surface area contributed by atoms with Gasteiger partial charge in [-0.2, -0.15) is 0 Å². The van der Waals surface area contributed by atoms with Gasteiger partial charge in [0.2, 0.25) is 0 Å². The maximum atomic E-state index is 5.94. The van der Waals surface area contributed by atoms with Crippen LogP contribution in [0.2, 0.25) is 5.02 Å². The van der Waals surface area contributed by atoms with Gasteiger partial charge in [0.25, 0.3) is 0 Å². The summed E-state index contributed by atoms with van der Waals surface area (Å²) in [5.74, 6) is 0. The summed E-state index contributed by atoms with van der Waals surface area (Å²) in [5.41, 5.74) is 7.09. The lowest BCUT2D eigenvalue weighted by atomic mass is 9.87. The molecule has 0 aromatic carbocycles. The Balaban J connectivity index is 2.13. The first-order valence-electron chi connectivity index (χ1n) is 3.94. The molecule has 0 atom stereocenters. The van der Waals surface area contributed by atoms with Gasteiger partial charge in [0.05, 0.1) is 5.02 Å². The Hall–Kier alpha value is -0.310. The Kier molecular flexibility index (Phi) is 2.22. The molecule has 0 aliphatic heterocycles. The fraction of sp³-hybridized carbons (Fsp3) is 0.333. The van der Waals surface area contributed by atoms with Gasteiger partial charge < -0.3 is 5.73 Å². The molecule has 1 aliphatic rings. The third-order valence-electron chi connectivity index (χ3n) is 2.03. The van der Waals surface area contributed by atoms with Crippen LogP contribution in [0.5, 0.6) is 0 Å². The van der Waals surface area contributed by atoms with Gasteiger partial charge in [-0.3, -0.25) is 0 Å². The first-order chi connectivity index (χ1) is 5.75. The largest absolute Gasteiger partial charge is 0.327 e. The minimum Gasteiger partial charge on any atom is -0.327 e. The maximum absolute atomic E-state index is 5.94. The van der Waals surface area contributed by atoms with E-state index in [4.69, 9.17) is 17.3 Å². The quantitative estimate of drug-likeness (QED) is 0.740. The molecule has 2 rings (SSSR count). The van der Waals surface area contributed by atoms with Crippen LogP contribution in [0, 0.1) is 0 Å². The van der Waals surface area contributed by atoms with E-state index in [1.807, 2.05) is 11.4 Å². The highest BCUT2D eigenvalue weighted by Gasteiger charge is 2.18. The summed E-state index contributed by atoms with van der Waals surface area (Å²) in [7, 11) is 0. The van der Waals surface area contributed by atoms with Crippen LogP contribution in [0.25, 0.3) is 6.08 Å². The minimum atomic E-state index is 0.384. The summed E-state index contributed by atoms with van der Waals surface area (Å²) >= 11 is 7.62. The summed E-state index contributed by atoms with van der Waals surface area (Å²) in [4.78, 5) is 1.17. The molecule has 2 N–H and O–H groups in total. The standard InChI is InChI=1S/C9H10ClNS/c10-8-1-2-12-9(8)5-6-3-7(11)4-6/h1-2,5,7H,3-4,11H2. The average molecular weight is 200 g/mol. The van der Waals surface area contributed by atoms with Gasteiger partial charge in [0.15, 0.2) is 0 Å². The van der Waals surface area contributed by atoms with Crippen LogP contribution in [-0.4, -0.2) is 6.04 Å². The smallest absolute Gasteiger partial charge is 0.0586 e. The minimum absolute atomic E-state index is 0.384.